The molecule has 0 amide bonds. The van der Waals surface area contributed by atoms with Gasteiger partial charge >= 0.3 is 0 Å². The van der Waals surface area contributed by atoms with Gasteiger partial charge in [-0.2, -0.15) is 0 Å². The summed E-state index contributed by atoms with van der Waals surface area (Å²) in [7, 11) is -1.91. The number of hydrogen-bond acceptors (Lipinski definition) is 1. The van der Waals surface area contributed by atoms with Crippen LogP contribution in [0.4, 0.5) is 0 Å². The topological polar surface area (TPSA) is 9.23 Å². The van der Waals surface area contributed by atoms with Gasteiger partial charge in [-0.1, -0.05) is 80.0 Å². The molecule has 172 valence electrons. The van der Waals surface area contributed by atoms with E-state index in [0.29, 0.717) is 28.0 Å². The maximum Gasteiger partial charge on any atom is 0.258 e. The molecule has 31 heavy (non-hydrogen) atoms. The molecule has 4 rings (SSSR count). The van der Waals surface area contributed by atoms with E-state index in [0.717, 1.165) is 23.5 Å². The molecule has 3 aliphatic carbocycles. The Labute approximate surface area is 193 Å². The molecule has 2 saturated carbocycles. The first kappa shape index (κ1) is 23.1. The van der Waals surface area contributed by atoms with E-state index in [1.807, 2.05) is 0 Å². The SMILES string of the molecule is CC[C@H]1CC[C@H]2[C@@H]3C=Cc4cc(O[Si](C(C)C)(C(C)C)C(C)C)ccc4[C@H]3CC[C@]12C. The summed E-state index contributed by atoms with van der Waals surface area (Å²) in [6.45, 7) is 19.3. The van der Waals surface area contributed by atoms with Crippen LogP contribution in [0, 0.1) is 23.2 Å². The van der Waals surface area contributed by atoms with Crippen LogP contribution < -0.4 is 4.43 Å². The molecule has 1 aromatic rings. The summed E-state index contributed by atoms with van der Waals surface area (Å²) in [5, 5.41) is 0. The number of hydrogen-bond donors (Lipinski definition) is 0. The van der Waals surface area contributed by atoms with Crippen molar-refractivity contribution in [2.45, 2.75) is 110 Å². The van der Waals surface area contributed by atoms with Crippen molar-refractivity contribution in [3.63, 3.8) is 0 Å². The van der Waals surface area contributed by atoms with Crippen molar-refractivity contribution < 1.29 is 4.43 Å². The Morgan fingerprint density at radius 3 is 2.29 bits per heavy atom. The second-order valence-electron chi connectivity index (χ2n) is 12.1. The zero-order valence-corrected chi connectivity index (χ0v) is 22.4. The highest BCUT2D eigenvalue weighted by Gasteiger charge is 2.53. The van der Waals surface area contributed by atoms with Crippen LogP contribution in [0.2, 0.25) is 16.6 Å². The first-order valence-electron chi connectivity index (χ1n) is 13.2. The minimum atomic E-state index is -1.91. The van der Waals surface area contributed by atoms with Gasteiger partial charge in [-0.25, -0.2) is 0 Å². The standard InChI is InChI=1S/C29H46OSi/c1-9-23-11-15-28-27-13-10-22-18-24(30-31(19(2)3,20(4)5)21(6)7)12-14-25(22)26(27)16-17-29(23,28)8/h10,12-14,18-21,23,26-28H,9,11,15-17H2,1-8H3/t23-,26+,27+,28-,29+/m0/s1. The molecule has 3 aliphatic rings. The van der Waals surface area contributed by atoms with Crippen LogP contribution in [0.3, 0.4) is 0 Å². The quantitative estimate of drug-likeness (QED) is 0.402. The third kappa shape index (κ3) is 3.56. The number of rotatable bonds is 6. The van der Waals surface area contributed by atoms with Gasteiger partial charge < -0.3 is 4.43 Å². The van der Waals surface area contributed by atoms with Crippen molar-refractivity contribution in [3.8, 4) is 5.75 Å². The van der Waals surface area contributed by atoms with Gasteiger partial charge in [-0.3, -0.25) is 0 Å². The molecule has 5 atom stereocenters. The molecular formula is C29H46OSi. The minimum absolute atomic E-state index is 0.567. The lowest BCUT2D eigenvalue weighted by molar-refractivity contribution is 0.0541. The van der Waals surface area contributed by atoms with E-state index >= 15 is 0 Å². The molecule has 0 spiro atoms. The van der Waals surface area contributed by atoms with Crippen molar-refractivity contribution in [2.24, 2.45) is 23.2 Å². The summed E-state index contributed by atoms with van der Waals surface area (Å²) in [5.41, 5.74) is 5.40. The lowest BCUT2D eigenvalue weighted by Gasteiger charge is -2.49. The molecule has 0 aromatic heterocycles. The summed E-state index contributed by atoms with van der Waals surface area (Å²) < 4.78 is 7.01. The highest BCUT2D eigenvalue weighted by molar-refractivity contribution is 6.78. The van der Waals surface area contributed by atoms with Crippen LogP contribution >= 0.6 is 0 Å². The number of fused-ring (bicyclic) bond motifs is 5. The predicted molar refractivity (Wildman–Crippen MR) is 137 cm³/mol. The van der Waals surface area contributed by atoms with Crippen LogP contribution in [-0.4, -0.2) is 8.32 Å². The first-order chi connectivity index (χ1) is 14.6. The van der Waals surface area contributed by atoms with Gasteiger partial charge in [-0.15, -0.1) is 0 Å². The van der Waals surface area contributed by atoms with Gasteiger partial charge in [0.25, 0.3) is 8.32 Å². The Balaban J connectivity index is 1.62. The van der Waals surface area contributed by atoms with Crippen LogP contribution in [0.15, 0.2) is 24.3 Å². The fraction of sp³-hybridized carbons (Fsp3) is 0.724. The summed E-state index contributed by atoms with van der Waals surface area (Å²) in [4.78, 5) is 0. The average molecular weight is 439 g/mol. The highest BCUT2D eigenvalue weighted by atomic mass is 28.4. The van der Waals surface area contributed by atoms with E-state index in [4.69, 9.17) is 4.43 Å². The van der Waals surface area contributed by atoms with Crippen LogP contribution in [0.25, 0.3) is 6.08 Å². The lowest BCUT2D eigenvalue weighted by Crippen LogP contribution is -2.50. The van der Waals surface area contributed by atoms with Gasteiger partial charge in [0.15, 0.2) is 0 Å². The van der Waals surface area contributed by atoms with Crippen LogP contribution in [-0.2, 0) is 0 Å². The Kier molecular flexibility index (Phi) is 6.27. The Morgan fingerprint density at radius 2 is 1.68 bits per heavy atom. The van der Waals surface area contributed by atoms with Gasteiger partial charge in [0.2, 0.25) is 0 Å². The maximum absolute atomic E-state index is 7.01. The van der Waals surface area contributed by atoms with E-state index in [1.165, 1.54) is 37.7 Å². The van der Waals surface area contributed by atoms with Crippen molar-refractivity contribution in [1.82, 2.24) is 0 Å². The third-order valence-electron chi connectivity index (χ3n) is 9.98. The van der Waals surface area contributed by atoms with E-state index in [1.54, 1.807) is 5.56 Å². The molecule has 1 nitrogen and oxygen atoms in total. The van der Waals surface area contributed by atoms with Crippen molar-refractivity contribution in [1.29, 1.82) is 0 Å². The molecular weight excluding hydrogens is 392 g/mol. The number of allylic oxidation sites excluding steroid dienone is 1. The summed E-state index contributed by atoms with van der Waals surface area (Å²) in [5.74, 6) is 4.37. The molecule has 0 heterocycles. The zero-order chi connectivity index (χ0) is 22.6. The monoisotopic (exact) mass is 438 g/mol. The van der Waals surface area contributed by atoms with Crippen molar-refractivity contribution in [3.05, 3.63) is 35.4 Å². The fourth-order valence-electron chi connectivity index (χ4n) is 8.48. The minimum Gasteiger partial charge on any atom is -0.543 e. The predicted octanol–water partition coefficient (Wildman–Crippen LogP) is 9.20. The van der Waals surface area contributed by atoms with Gasteiger partial charge in [0, 0.05) is 0 Å². The first-order valence-corrected chi connectivity index (χ1v) is 15.3. The second kappa shape index (κ2) is 8.40. The Bertz CT molecular complexity index is 800. The molecule has 0 N–H and O–H groups in total. The molecule has 0 unspecified atom stereocenters. The molecule has 0 aliphatic heterocycles. The molecule has 0 radical (unpaired) electrons. The Hall–Kier alpha value is -1.02. The smallest absolute Gasteiger partial charge is 0.258 e. The van der Waals surface area contributed by atoms with Crippen LogP contribution in [0.1, 0.15) is 105 Å². The fourth-order valence-corrected chi connectivity index (χ4v) is 13.7. The number of benzene rings is 1. The van der Waals surface area contributed by atoms with E-state index < -0.39 is 8.32 Å². The van der Waals surface area contributed by atoms with E-state index in [2.05, 4.69) is 85.7 Å². The van der Waals surface area contributed by atoms with Crippen molar-refractivity contribution in [2.75, 3.05) is 0 Å². The van der Waals surface area contributed by atoms with E-state index in [9.17, 15) is 0 Å². The summed E-state index contributed by atoms with van der Waals surface area (Å²) in [6.07, 6.45) is 12.0. The molecule has 2 heteroatoms. The average Bonchev–Trinajstić information content (AvgIpc) is 3.07. The van der Waals surface area contributed by atoms with Gasteiger partial charge in [0.1, 0.15) is 5.75 Å². The van der Waals surface area contributed by atoms with Gasteiger partial charge in [0.05, 0.1) is 0 Å². The normalized spacial score (nSPS) is 32.4. The zero-order valence-electron chi connectivity index (χ0n) is 21.4. The highest BCUT2D eigenvalue weighted by Crippen LogP contribution is 2.63. The lowest BCUT2D eigenvalue weighted by atomic mass is 9.55. The third-order valence-corrected chi connectivity index (χ3v) is 16.0. The molecule has 2 fully saturated rings. The van der Waals surface area contributed by atoms with Crippen molar-refractivity contribution >= 4 is 14.4 Å². The molecule has 0 bridgehead atoms. The van der Waals surface area contributed by atoms with Gasteiger partial charge in [-0.05, 0) is 94.7 Å². The largest absolute Gasteiger partial charge is 0.543 e. The summed E-state index contributed by atoms with van der Waals surface area (Å²) >= 11 is 0. The maximum atomic E-state index is 7.01. The van der Waals surface area contributed by atoms with Crippen LogP contribution in [0.5, 0.6) is 5.75 Å². The second-order valence-corrected chi connectivity index (χ2v) is 17.5. The molecule has 0 saturated heterocycles. The molecule has 1 aromatic carbocycles. The Morgan fingerprint density at radius 1 is 1.00 bits per heavy atom. The van der Waals surface area contributed by atoms with E-state index in [-0.39, 0.29) is 0 Å². The summed E-state index contributed by atoms with van der Waals surface area (Å²) in [6, 6.07) is 7.11.